The van der Waals surface area contributed by atoms with Crippen LogP contribution in [0.3, 0.4) is 0 Å². The van der Waals surface area contributed by atoms with Gasteiger partial charge < -0.3 is 15.0 Å². The minimum atomic E-state index is -4.21. The van der Waals surface area contributed by atoms with E-state index in [9.17, 15) is 18.0 Å². The molecular weight excluding hydrogens is 586 g/mol. The lowest BCUT2D eigenvalue weighted by atomic mass is 9.95. The molecular formula is C33H40ClN3O5S. The van der Waals surface area contributed by atoms with Crippen molar-refractivity contribution in [2.75, 3.05) is 18.0 Å². The number of rotatable bonds is 12. The number of anilines is 1. The van der Waals surface area contributed by atoms with Crippen molar-refractivity contribution in [1.29, 1.82) is 0 Å². The molecule has 8 nitrogen and oxygen atoms in total. The lowest BCUT2D eigenvalue weighted by molar-refractivity contribution is -0.140. The number of methoxy groups -OCH3 is 1. The van der Waals surface area contributed by atoms with Crippen LogP contribution in [-0.4, -0.2) is 50.9 Å². The summed E-state index contributed by atoms with van der Waals surface area (Å²) in [6.45, 7) is 3.48. The Morgan fingerprint density at radius 3 is 2.28 bits per heavy atom. The fourth-order valence-electron chi connectivity index (χ4n) is 5.39. The Labute approximate surface area is 260 Å². The largest absolute Gasteiger partial charge is 0.497 e. The van der Waals surface area contributed by atoms with E-state index in [1.54, 1.807) is 30.3 Å². The molecule has 0 heterocycles. The highest BCUT2D eigenvalue weighted by Crippen LogP contribution is 2.28. The van der Waals surface area contributed by atoms with Crippen molar-refractivity contribution >= 4 is 39.1 Å². The lowest BCUT2D eigenvalue weighted by Crippen LogP contribution is -2.54. The highest BCUT2D eigenvalue weighted by molar-refractivity contribution is 7.92. The quantitative estimate of drug-likeness (QED) is 0.262. The molecule has 0 radical (unpaired) electrons. The number of hydrogen-bond acceptors (Lipinski definition) is 5. The third kappa shape index (κ3) is 8.30. The molecule has 1 fully saturated rings. The number of carbonyl (C=O) groups excluding carboxylic acids is 2. The second kappa shape index (κ2) is 14.8. The number of amides is 2. The van der Waals surface area contributed by atoms with Crippen LogP contribution in [0.25, 0.3) is 0 Å². The first-order chi connectivity index (χ1) is 20.6. The third-order valence-corrected chi connectivity index (χ3v) is 9.86. The van der Waals surface area contributed by atoms with Gasteiger partial charge >= 0.3 is 0 Å². The summed E-state index contributed by atoms with van der Waals surface area (Å²) in [5.74, 6) is -0.214. The number of benzene rings is 3. The molecule has 2 amide bonds. The number of aryl methyl sites for hydroxylation is 1. The Bertz CT molecular complexity index is 1490. The van der Waals surface area contributed by atoms with E-state index in [0.717, 1.165) is 47.5 Å². The summed E-state index contributed by atoms with van der Waals surface area (Å²) >= 11 is 6.26. The van der Waals surface area contributed by atoms with Gasteiger partial charge in [-0.1, -0.05) is 73.7 Å². The Kier molecular flexibility index (Phi) is 11.1. The van der Waals surface area contributed by atoms with Crippen LogP contribution in [0, 0.1) is 6.92 Å². The van der Waals surface area contributed by atoms with Gasteiger partial charge in [-0.2, -0.15) is 0 Å². The van der Waals surface area contributed by atoms with Gasteiger partial charge in [-0.05, 0) is 74.2 Å². The summed E-state index contributed by atoms with van der Waals surface area (Å²) in [6, 6.07) is 19.4. The molecule has 1 atom stereocenters. The van der Waals surface area contributed by atoms with Crippen molar-refractivity contribution < 1.29 is 22.7 Å². The summed E-state index contributed by atoms with van der Waals surface area (Å²) in [4.78, 5) is 29.4. The van der Waals surface area contributed by atoms with Crippen molar-refractivity contribution in [1.82, 2.24) is 10.2 Å². The summed E-state index contributed by atoms with van der Waals surface area (Å²) in [6.07, 6.45) is 5.48. The second-order valence-electron chi connectivity index (χ2n) is 10.9. The molecule has 4 rings (SSSR count). The molecule has 0 spiro atoms. The fourth-order valence-corrected chi connectivity index (χ4v) is 6.98. The molecule has 10 heteroatoms. The number of ether oxygens (including phenoxy) is 1. The van der Waals surface area contributed by atoms with E-state index >= 15 is 0 Å². The smallest absolute Gasteiger partial charge is 0.264 e. The molecule has 0 saturated heterocycles. The van der Waals surface area contributed by atoms with Gasteiger partial charge in [-0.25, -0.2) is 8.42 Å². The first-order valence-electron chi connectivity index (χ1n) is 14.7. The van der Waals surface area contributed by atoms with Gasteiger partial charge in [-0.15, -0.1) is 0 Å². The maximum absolute atomic E-state index is 14.2. The SMILES string of the molecule is CCC(C(=O)NC1CCCCC1)N(Cc1ccc(C)cc1)C(=O)CN(c1cccc(Cl)c1)S(=O)(=O)c1ccc(OC)cc1. The molecule has 43 heavy (non-hydrogen) atoms. The van der Waals surface area contributed by atoms with Crippen LogP contribution < -0.4 is 14.4 Å². The maximum Gasteiger partial charge on any atom is 0.264 e. The second-order valence-corrected chi connectivity index (χ2v) is 13.2. The van der Waals surface area contributed by atoms with E-state index < -0.39 is 28.5 Å². The van der Waals surface area contributed by atoms with Crippen LogP contribution in [0.4, 0.5) is 5.69 Å². The van der Waals surface area contributed by atoms with Gasteiger partial charge in [0, 0.05) is 17.6 Å². The molecule has 3 aromatic rings. The molecule has 3 aromatic carbocycles. The van der Waals surface area contributed by atoms with E-state index in [1.165, 1.54) is 30.2 Å². The summed E-state index contributed by atoms with van der Waals surface area (Å²) in [5, 5.41) is 3.49. The van der Waals surface area contributed by atoms with E-state index in [4.69, 9.17) is 16.3 Å². The Balaban J connectivity index is 1.70. The number of carbonyl (C=O) groups is 2. The molecule has 1 aliphatic rings. The average Bonchev–Trinajstić information content (AvgIpc) is 3.01. The molecule has 0 bridgehead atoms. The van der Waals surface area contributed by atoms with E-state index in [-0.39, 0.29) is 29.1 Å². The Morgan fingerprint density at radius 2 is 1.67 bits per heavy atom. The molecule has 1 aliphatic carbocycles. The van der Waals surface area contributed by atoms with E-state index in [2.05, 4.69) is 5.32 Å². The first kappa shape index (κ1) is 32.4. The highest BCUT2D eigenvalue weighted by atomic mass is 35.5. The zero-order valence-electron chi connectivity index (χ0n) is 25.0. The van der Waals surface area contributed by atoms with Crippen LogP contribution >= 0.6 is 11.6 Å². The van der Waals surface area contributed by atoms with Crippen molar-refractivity contribution in [3.8, 4) is 5.75 Å². The van der Waals surface area contributed by atoms with Crippen molar-refractivity contribution in [3.05, 3.63) is 88.9 Å². The number of sulfonamides is 1. The number of hydrogen-bond donors (Lipinski definition) is 1. The predicted molar refractivity (Wildman–Crippen MR) is 170 cm³/mol. The molecule has 1 unspecified atom stereocenters. The maximum atomic E-state index is 14.2. The van der Waals surface area contributed by atoms with Gasteiger partial charge in [-0.3, -0.25) is 13.9 Å². The van der Waals surface area contributed by atoms with E-state index in [1.807, 2.05) is 38.1 Å². The summed E-state index contributed by atoms with van der Waals surface area (Å²) < 4.78 is 34.3. The highest BCUT2D eigenvalue weighted by Gasteiger charge is 2.34. The summed E-state index contributed by atoms with van der Waals surface area (Å²) in [7, 11) is -2.71. The summed E-state index contributed by atoms with van der Waals surface area (Å²) in [5.41, 5.74) is 2.16. The molecule has 0 aliphatic heterocycles. The van der Waals surface area contributed by atoms with E-state index in [0.29, 0.717) is 17.2 Å². The van der Waals surface area contributed by atoms with Crippen molar-refractivity contribution in [2.24, 2.45) is 0 Å². The van der Waals surface area contributed by atoms with Crippen LogP contribution in [0.15, 0.2) is 77.7 Å². The monoisotopic (exact) mass is 625 g/mol. The van der Waals surface area contributed by atoms with Gasteiger partial charge in [0.2, 0.25) is 11.8 Å². The van der Waals surface area contributed by atoms with Crippen molar-refractivity contribution in [3.63, 3.8) is 0 Å². The van der Waals surface area contributed by atoms with Crippen LogP contribution in [0.1, 0.15) is 56.6 Å². The number of nitrogens with one attached hydrogen (secondary N) is 1. The van der Waals surface area contributed by atoms with Crippen LogP contribution in [0.2, 0.25) is 5.02 Å². The zero-order chi connectivity index (χ0) is 31.0. The van der Waals surface area contributed by atoms with Crippen LogP contribution in [0.5, 0.6) is 5.75 Å². The van der Waals surface area contributed by atoms with Gasteiger partial charge in [0.25, 0.3) is 10.0 Å². The molecule has 1 N–H and O–H groups in total. The third-order valence-electron chi connectivity index (χ3n) is 7.83. The fraction of sp³-hybridized carbons (Fsp3) is 0.394. The van der Waals surface area contributed by atoms with Gasteiger partial charge in [0.1, 0.15) is 18.3 Å². The van der Waals surface area contributed by atoms with Crippen molar-refractivity contribution in [2.45, 2.75) is 75.9 Å². The minimum absolute atomic E-state index is 0.00626. The first-order valence-corrected chi connectivity index (χ1v) is 16.5. The molecule has 0 aromatic heterocycles. The Morgan fingerprint density at radius 1 is 1.00 bits per heavy atom. The van der Waals surface area contributed by atoms with Gasteiger partial charge in [0.05, 0.1) is 17.7 Å². The predicted octanol–water partition coefficient (Wildman–Crippen LogP) is 6.11. The minimum Gasteiger partial charge on any atom is -0.497 e. The number of halogens is 1. The van der Waals surface area contributed by atoms with Crippen LogP contribution in [-0.2, 0) is 26.2 Å². The molecule has 230 valence electrons. The zero-order valence-corrected chi connectivity index (χ0v) is 26.5. The topological polar surface area (TPSA) is 96.0 Å². The van der Waals surface area contributed by atoms with Gasteiger partial charge in [0.15, 0.2) is 0 Å². The standard InChI is InChI=1S/C33H40ClN3O5S/c1-4-31(33(39)35-27-10-6-5-7-11-27)36(22-25-15-13-24(2)14-16-25)32(38)23-37(28-12-8-9-26(34)21-28)43(40,41)30-19-17-29(42-3)18-20-30/h8-9,12-21,27,31H,4-7,10-11,22-23H2,1-3H3,(H,35,39). The Hall–Kier alpha value is -3.56. The number of nitrogens with zero attached hydrogens (tertiary/aromatic N) is 2. The molecule has 1 saturated carbocycles. The normalized spacial score (nSPS) is 14.5. The average molecular weight is 626 g/mol. The lowest BCUT2D eigenvalue weighted by Gasteiger charge is -2.34.